The first-order valence-electron chi connectivity index (χ1n) is 9.98. The van der Waals surface area contributed by atoms with Gasteiger partial charge in [-0.25, -0.2) is 0 Å². The lowest BCUT2D eigenvalue weighted by Gasteiger charge is -2.18. The van der Waals surface area contributed by atoms with E-state index in [-0.39, 0.29) is 22.4 Å². The van der Waals surface area contributed by atoms with Crippen molar-refractivity contribution in [3.8, 4) is 0 Å². The highest BCUT2D eigenvalue weighted by molar-refractivity contribution is 6.00. The summed E-state index contributed by atoms with van der Waals surface area (Å²) < 4.78 is 0. The van der Waals surface area contributed by atoms with E-state index in [2.05, 4.69) is 29.2 Å². The molecule has 0 saturated heterocycles. The minimum absolute atomic E-state index is 0.170. The van der Waals surface area contributed by atoms with Crippen molar-refractivity contribution in [2.24, 2.45) is 10.8 Å². The number of hydrogen-bond donors (Lipinski definition) is 0. The Hall–Kier alpha value is -2.26. The van der Waals surface area contributed by atoms with Crippen molar-refractivity contribution < 1.29 is 9.59 Å². The fraction of sp³-hybridized carbons (Fsp3) is 0.440. The average molecular weight is 378 g/mol. The summed E-state index contributed by atoms with van der Waals surface area (Å²) in [6, 6.07) is 14.1. The Bertz CT molecular complexity index is 896. The van der Waals surface area contributed by atoms with E-state index in [9.17, 15) is 9.59 Å². The van der Waals surface area contributed by atoms with Gasteiger partial charge in [0.25, 0.3) is 0 Å². The normalized spacial score (nSPS) is 14.8. The number of hydrogen-bond acceptors (Lipinski definition) is 3. The van der Waals surface area contributed by atoms with E-state index in [0.717, 1.165) is 30.8 Å². The van der Waals surface area contributed by atoms with Gasteiger partial charge < -0.3 is 0 Å². The van der Waals surface area contributed by atoms with Gasteiger partial charge in [0.2, 0.25) is 0 Å². The van der Waals surface area contributed by atoms with Crippen LogP contribution in [0.25, 0.3) is 0 Å². The van der Waals surface area contributed by atoms with Crippen LogP contribution in [0.3, 0.4) is 0 Å². The number of ketones is 2. The first kappa shape index (κ1) is 20.5. The van der Waals surface area contributed by atoms with Gasteiger partial charge in [0.05, 0.1) is 0 Å². The molecule has 3 nitrogen and oxygen atoms in total. The number of Topliss-reactive ketones (excluding diaryl/α,β-unsaturated/α-hetero) is 2. The summed E-state index contributed by atoms with van der Waals surface area (Å²) in [5.41, 5.74) is 4.59. The summed E-state index contributed by atoms with van der Waals surface area (Å²) in [7, 11) is 0. The molecule has 0 unspecified atom stereocenters. The van der Waals surface area contributed by atoms with Crippen molar-refractivity contribution in [3.05, 3.63) is 70.3 Å². The molecule has 0 fully saturated rings. The Kier molecular flexibility index (Phi) is 5.33. The van der Waals surface area contributed by atoms with Crippen LogP contribution in [0.5, 0.6) is 0 Å². The second-order valence-electron chi connectivity index (χ2n) is 9.98. The van der Waals surface area contributed by atoms with Crippen molar-refractivity contribution in [3.63, 3.8) is 0 Å². The van der Waals surface area contributed by atoms with Crippen molar-refractivity contribution in [1.29, 1.82) is 0 Å². The van der Waals surface area contributed by atoms with E-state index in [4.69, 9.17) is 0 Å². The van der Waals surface area contributed by atoms with Gasteiger partial charge in [0, 0.05) is 41.6 Å². The monoisotopic (exact) mass is 377 g/mol. The molecule has 0 N–H and O–H groups in total. The van der Waals surface area contributed by atoms with Crippen LogP contribution in [-0.2, 0) is 19.6 Å². The largest absolute Gasteiger partial charge is 0.294 e. The maximum Gasteiger partial charge on any atom is 0.168 e. The van der Waals surface area contributed by atoms with Gasteiger partial charge in [-0.1, -0.05) is 77.9 Å². The zero-order valence-electron chi connectivity index (χ0n) is 17.9. The van der Waals surface area contributed by atoms with Crippen molar-refractivity contribution in [2.75, 3.05) is 0 Å². The van der Waals surface area contributed by atoms with Crippen LogP contribution in [0.15, 0.2) is 42.5 Å². The van der Waals surface area contributed by atoms with Crippen molar-refractivity contribution in [2.45, 2.75) is 61.2 Å². The molecule has 3 heteroatoms. The lowest BCUT2D eigenvalue weighted by molar-refractivity contribution is 0.0852. The maximum atomic E-state index is 12.6. The third-order valence-electron chi connectivity index (χ3n) is 5.24. The second kappa shape index (κ2) is 7.29. The van der Waals surface area contributed by atoms with Crippen LogP contribution in [0.1, 0.15) is 78.9 Å². The highest BCUT2D eigenvalue weighted by Crippen LogP contribution is 2.28. The van der Waals surface area contributed by atoms with Gasteiger partial charge in [-0.2, -0.15) is 0 Å². The van der Waals surface area contributed by atoms with Crippen LogP contribution in [0.4, 0.5) is 0 Å². The second-order valence-corrected chi connectivity index (χ2v) is 9.98. The Morgan fingerprint density at radius 3 is 1.82 bits per heavy atom. The molecule has 1 heterocycles. The van der Waals surface area contributed by atoms with Gasteiger partial charge in [-0.3, -0.25) is 14.5 Å². The van der Waals surface area contributed by atoms with Crippen molar-refractivity contribution >= 4 is 11.6 Å². The number of benzene rings is 2. The van der Waals surface area contributed by atoms with E-state index < -0.39 is 0 Å². The molecule has 0 aromatic heterocycles. The Labute approximate surface area is 168 Å². The summed E-state index contributed by atoms with van der Waals surface area (Å²) in [6.45, 7) is 14.3. The fourth-order valence-electron chi connectivity index (χ4n) is 3.60. The molecular weight excluding hydrogens is 346 g/mol. The van der Waals surface area contributed by atoms with Gasteiger partial charge in [-0.15, -0.1) is 0 Å². The Morgan fingerprint density at radius 2 is 1.25 bits per heavy atom. The van der Waals surface area contributed by atoms with Crippen LogP contribution >= 0.6 is 0 Å². The molecule has 28 heavy (non-hydrogen) atoms. The summed E-state index contributed by atoms with van der Waals surface area (Å²) in [5.74, 6) is 0.358. The Morgan fingerprint density at radius 1 is 0.750 bits per heavy atom. The zero-order valence-corrected chi connectivity index (χ0v) is 17.9. The zero-order chi connectivity index (χ0) is 20.7. The third kappa shape index (κ3) is 4.41. The molecule has 2 aromatic carbocycles. The number of nitrogens with zero attached hydrogens (tertiary/aromatic N) is 1. The van der Waals surface area contributed by atoms with E-state index in [1.807, 2.05) is 59.7 Å². The summed E-state index contributed by atoms with van der Waals surface area (Å²) >= 11 is 0. The van der Waals surface area contributed by atoms with E-state index in [1.54, 1.807) is 0 Å². The molecular formula is C25H31NO2. The summed E-state index contributed by atoms with van der Waals surface area (Å²) in [6.07, 6.45) is 0. The standard InChI is InChI=1S/C25H31NO2/c1-24(2,3)22(27)18-9-7-17(8-10-18)14-26-15-20-12-11-19(13-21(20)16-26)23(28)25(4,5)6/h7-13H,14-16H2,1-6H3. The predicted molar refractivity (Wildman–Crippen MR) is 113 cm³/mol. The summed E-state index contributed by atoms with van der Waals surface area (Å²) in [4.78, 5) is 27.3. The lowest BCUT2D eigenvalue weighted by atomic mass is 9.86. The molecule has 1 aliphatic heterocycles. The van der Waals surface area contributed by atoms with Crippen LogP contribution in [0.2, 0.25) is 0 Å². The number of rotatable bonds is 4. The molecule has 1 aliphatic rings. The van der Waals surface area contributed by atoms with Gasteiger partial charge in [0.15, 0.2) is 11.6 Å². The molecule has 148 valence electrons. The molecule has 2 aromatic rings. The van der Waals surface area contributed by atoms with E-state index in [0.29, 0.717) is 0 Å². The van der Waals surface area contributed by atoms with E-state index in [1.165, 1.54) is 16.7 Å². The number of fused-ring (bicyclic) bond motifs is 1. The average Bonchev–Trinajstić information content (AvgIpc) is 3.00. The molecule has 0 amide bonds. The molecule has 0 atom stereocenters. The first-order chi connectivity index (χ1) is 12.9. The first-order valence-corrected chi connectivity index (χ1v) is 9.98. The molecule has 0 radical (unpaired) electrons. The number of carbonyl (C=O) groups is 2. The molecule has 0 spiro atoms. The maximum absolute atomic E-state index is 12.6. The summed E-state index contributed by atoms with van der Waals surface area (Å²) in [5, 5.41) is 0. The quantitative estimate of drug-likeness (QED) is 0.645. The van der Waals surface area contributed by atoms with Crippen LogP contribution < -0.4 is 0 Å². The topological polar surface area (TPSA) is 37.4 Å². The third-order valence-corrected chi connectivity index (χ3v) is 5.24. The molecule has 0 saturated carbocycles. The van der Waals surface area contributed by atoms with Gasteiger partial charge >= 0.3 is 0 Å². The van der Waals surface area contributed by atoms with Crippen LogP contribution in [0, 0.1) is 10.8 Å². The highest BCUT2D eigenvalue weighted by Gasteiger charge is 2.26. The number of carbonyl (C=O) groups excluding carboxylic acids is 2. The van der Waals surface area contributed by atoms with Gasteiger partial charge in [0.1, 0.15) is 0 Å². The van der Waals surface area contributed by atoms with Crippen LogP contribution in [-0.4, -0.2) is 16.5 Å². The highest BCUT2D eigenvalue weighted by atomic mass is 16.1. The fourth-order valence-corrected chi connectivity index (χ4v) is 3.60. The Balaban J connectivity index is 1.68. The van der Waals surface area contributed by atoms with Crippen molar-refractivity contribution in [1.82, 2.24) is 4.90 Å². The molecule has 3 rings (SSSR count). The SMILES string of the molecule is CC(C)(C)C(=O)c1ccc(CN2Cc3ccc(C(=O)C(C)(C)C)cc3C2)cc1. The smallest absolute Gasteiger partial charge is 0.168 e. The van der Waals surface area contributed by atoms with Gasteiger partial charge in [-0.05, 0) is 22.8 Å². The minimum Gasteiger partial charge on any atom is -0.294 e. The lowest BCUT2D eigenvalue weighted by Crippen LogP contribution is -2.20. The minimum atomic E-state index is -0.362. The predicted octanol–water partition coefficient (Wildman–Crippen LogP) is 5.66. The molecule has 0 aliphatic carbocycles. The van der Waals surface area contributed by atoms with E-state index >= 15 is 0 Å². The molecule has 0 bridgehead atoms.